The molecule has 1 amide bonds. The number of ether oxygens (including phenoxy) is 1. The molecule has 0 fully saturated rings. The van der Waals surface area contributed by atoms with Gasteiger partial charge in [-0.25, -0.2) is 0 Å². The Morgan fingerprint density at radius 1 is 1.04 bits per heavy atom. The van der Waals surface area contributed by atoms with Crippen LogP contribution in [0.1, 0.15) is 17.2 Å². The van der Waals surface area contributed by atoms with Crippen molar-refractivity contribution in [2.24, 2.45) is 5.73 Å². The lowest BCUT2D eigenvalue weighted by molar-refractivity contribution is -0.118. The number of carbonyl (C=O) groups excluding carboxylic acids is 1. The number of carbonyl (C=O) groups is 1. The Morgan fingerprint density at radius 3 is 2.35 bits per heavy atom. The van der Waals surface area contributed by atoms with E-state index in [-0.39, 0.29) is 0 Å². The van der Waals surface area contributed by atoms with Gasteiger partial charge in [0.2, 0.25) is 5.91 Å². The van der Waals surface area contributed by atoms with Crippen molar-refractivity contribution in [3.8, 4) is 17.0 Å². The average Bonchev–Trinajstić information content (AvgIpc) is 2.64. The highest BCUT2D eigenvalue weighted by Gasteiger charge is 2.26. The standard InChI is InChI=1S/C20H16Cl2N2O2/c1-26-13-6-2-5-12(11-13)16-9-4-10-17(24-16)19(20(23)25)18-14(21)7-3-8-15(18)22/h2-11,19H,1H3,(H2,23,25). The topological polar surface area (TPSA) is 65.2 Å². The maximum Gasteiger partial charge on any atom is 0.231 e. The third-order valence-electron chi connectivity index (χ3n) is 4.00. The van der Waals surface area contributed by atoms with Crippen LogP contribution in [0, 0.1) is 0 Å². The molecule has 1 unspecified atom stereocenters. The van der Waals surface area contributed by atoms with E-state index >= 15 is 0 Å². The van der Waals surface area contributed by atoms with Crippen molar-refractivity contribution >= 4 is 29.1 Å². The number of pyridine rings is 1. The van der Waals surface area contributed by atoms with Crippen LogP contribution in [0.3, 0.4) is 0 Å². The van der Waals surface area contributed by atoms with Gasteiger partial charge < -0.3 is 10.5 Å². The van der Waals surface area contributed by atoms with Crippen molar-refractivity contribution in [2.45, 2.75) is 5.92 Å². The zero-order chi connectivity index (χ0) is 18.7. The molecule has 0 saturated heterocycles. The molecule has 6 heteroatoms. The first-order valence-electron chi connectivity index (χ1n) is 7.86. The smallest absolute Gasteiger partial charge is 0.231 e. The minimum atomic E-state index is -0.846. The molecule has 3 aromatic rings. The lowest BCUT2D eigenvalue weighted by Crippen LogP contribution is -2.24. The zero-order valence-corrected chi connectivity index (χ0v) is 15.5. The van der Waals surface area contributed by atoms with Gasteiger partial charge in [-0.1, -0.05) is 47.5 Å². The van der Waals surface area contributed by atoms with Crippen molar-refractivity contribution in [3.05, 3.63) is 82.0 Å². The number of aromatic nitrogens is 1. The molecule has 1 aromatic heterocycles. The molecule has 132 valence electrons. The van der Waals surface area contributed by atoms with Gasteiger partial charge in [0.25, 0.3) is 0 Å². The molecule has 0 aliphatic carbocycles. The second kappa shape index (κ2) is 7.77. The van der Waals surface area contributed by atoms with E-state index in [1.165, 1.54) is 0 Å². The first-order valence-corrected chi connectivity index (χ1v) is 8.61. The number of nitrogens with zero attached hydrogens (tertiary/aromatic N) is 1. The van der Waals surface area contributed by atoms with Crippen molar-refractivity contribution < 1.29 is 9.53 Å². The molecule has 0 aliphatic rings. The summed E-state index contributed by atoms with van der Waals surface area (Å²) in [7, 11) is 1.60. The van der Waals surface area contributed by atoms with Gasteiger partial charge in [0.1, 0.15) is 11.7 Å². The molecular weight excluding hydrogens is 371 g/mol. The van der Waals surface area contributed by atoms with Crippen LogP contribution in [0.15, 0.2) is 60.7 Å². The Balaban J connectivity index is 2.11. The van der Waals surface area contributed by atoms with E-state index in [1.54, 1.807) is 31.4 Å². The normalized spacial score (nSPS) is 11.8. The summed E-state index contributed by atoms with van der Waals surface area (Å²) in [5.74, 6) is -0.702. The molecule has 2 N–H and O–H groups in total. The van der Waals surface area contributed by atoms with Crippen LogP contribution in [0.25, 0.3) is 11.3 Å². The quantitative estimate of drug-likeness (QED) is 0.691. The van der Waals surface area contributed by atoms with E-state index in [9.17, 15) is 4.79 Å². The first kappa shape index (κ1) is 18.2. The van der Waals surface area contributed by atoms with Gasteiger partial charge >= 0.3 is 0 Å². The summed E-state index contributed by atoms with van der Waals surface area (Å²) in [5.41, 5.74) is 8.14. The predicted octanol–water partition coefficient (Wildman–Crippen LogP) is 4.68. The molecule has 1 atom stereocenters. The molecule has 2 aromatic carbocycles. The Labute approximate surface area is 161 Å². The Bertz CT molecular complexity index is 940. The lowest BCUT2D eigenvalue weighted by atomic mass is 9.93. The Hall–Kier alpha value is -2.56. The maximum atomic E-state index is 12.2. The van der Waals surface area contributed by atoms with Crippen LogP contribution in [0.5, 0.6) is 5.75 Å². The number of amides is 1. The highest BCUT2D eigenvalue weighted by atomic mass is 35.5. The summed E-state index contributed by atoms with van der Waals surface area (Å²) in [5, 5.41) is 0.741. The average molecular weight is 387 g/mol. The fraction of sp³-hybridized carbons (Fsp3) is 0.100. The minimum Gasteiger partial charge on any atom is -0.497 e. The summed E-state index contributed by atoms with van der Waals surface area (Å²) in [6.07, 6.45) is 0. The van der Waals surface area contributed by atoms with Crippen LogP contribution in [-0.2, 0) is 4.79 Å². The number of primary amides is 1. The molecule has 0 saturated carbocycles. The first-order chi connectivity index (χ1) is 12.5. The fourth-order valence-corrected chi connectivity index (χ4v) is 3.39. The van der Waals surface area contributed by atoms with Crippen molar-refractivity contribution in [2.75, 3.05) is 7.11 Å². The molecule has 1 heterocycles. The van der Waals surface area contributed by atoms with Gasteiger partial charge in [0.05, 0.1) is 18.5 Å². The molecule has 0 bridgehead atoms. The molecule has 26 heavy (non-hydrogen) atoms. The van der Waals surface area contributed by atoms with Crippen LogP contribution in [0.2, 0.25) is 10.0 Å². The third kappa shape index (κ3) is 3.66. The van der Waals surface area contributed by atoms with Gasteiger partial charge in [-0.2, -0.15) is 0 Å². The van der Waals surface area contributed by atoms with Crippen LogP contribution in [-0.4, -0.2) is 18.0 Å². The summed E-state index contributed by atoms with van der Waals surface area (Å²) >= 11 is 12.6. The number of hydrogen-bond donors (Lipinski definition) is 1. The SMILES string of the molecule is COc1cccc(-c2cccc(C(C(N)=O)c3c(Cl)cccc3Cl)n2)c1. The Morgan fingerprint density at radius 2 is 1.69 bits per heavy atom. The van der Waals surface area contributed by atoms with E-state index in [4.69, 9.17) is 33.7 Å². The summed E-state index contributed by atoms with van der Waals surface area (Å²) < 4.78 is 5.26. The minimum absolute atomic E-state index is 0.370. The van der Waals surface area contributed by atoms with E-state index < -0.39 is 11.8 Å². The number of rotatable bonds is 5. The van der Waals surface area contributed by atoms with Gasteiger partial charge in [-0.3, -0.25) is 9.78 Å². The van der Waals surface area contributed by atoms with Crippen LogP contribution in [0.4, 0.5) is 0 Å². The molecule has 0 aliphatic heterocycles. The second-order valence-electron chi connectivity index (χ2n) is 5.65. The lowest BCUT2D eigenvalue weighted by Gasteiger charge is -2.17. The molecular formula is C20H16Cl2N2O2. The van der Waals surface area contributed by atoms with Gasteiger partial charge in [-0.15, -0.1) is 0 Å². The summed E-state index contributed by atoms with van der Waals surface area (Å²) in [6.45, 7) is 0. The van der Waals surface area contributed by atoms with Gasteiger partial charge in [-0.05, 0) is 36.4 Å². The van der Waals surface area contributed by atoms with Gasteiger partial charge in [0.15, 0.2) is 0 Å². The fourth-order valence-electron chi connectivity index (χ4n) is 2.78. The predicted molar refractivity (Wildman–Crippen MR) is 104 cm³/mol. The van der Waals surface area contributed by atoms with Crippen molar-refractivity contribution in [1.82, 2.24) is 4.98 Å². The molecule has 3 rings (SSSR count). The molecule has 4 nitrogen and oxygen atoms in total. The van der Waals surface area contributed by atoms with E-state index in [0.29, 0.717) is 27.0 Å². The zero-order valence-electron chi connectivity index (χ0n) is 13.9. The summed E-state index contributed by atoms with van der Waals surface area (Å²) in [4.78, 5) is 16.8. The van der Waals surface area contributed by atoms with Crippen LogP contribution >= 0.6 is 23.2 Å². The number of hydrogen-bond acceptors (Lipinski definition) is 3. The maximum absolute atomic E-state index is 12.2. The Kier molecular flexibility index (Phi) is 5.45. The number of nitrogens with two attached hydrogens (primary N) is 1. The highest BCUT2D eigenvalue weighted by molar-refractivity contribution is 6.36. The van der Waals surface area contributed by atoms with Crippen LogP contribution < -0.4 is 10.5 Å². The number of halogens is 2. The van der Waals surface area contributed by atoms with E-state index in [1.807, 2.05) is 36.4 Å². The van der Waals surface area contributed by atoms with E-state index in [2.05, 4.69) is 4.98 Å². The second-order valence-corrected chi connectivity index (χ2v) is 6.46. The van der Waals surface area contributed by atoms with E-state index in [0.717, 1.165) is 11.3 Å². The highest BCUT2D eigenvalue weighted by Crippen LogP contribution is 2.35. The molecule has 0 spiro atoms. The monoisotopic (exact) mass is 386 g/mol. The van der Waals surface area contributed by atoms with Crippen molar-refractivity contribution in [1.29, 1.82) is 0 Å². The number of benzene rings is 2. The largest absolute Gasteiger partial charge is 0.497 e. The van der Waals surface area contributed by atoms with Crippen molar-refractivity contribution in [3.63, 3.8) is 0 Å². The molecule has 0 radical (unpaired) electrons. The van der Waals surface area contributed by atoms with Gasteiger partial charge in [0, 0.05) is 21.2 Å². The number of methoxy groups -OCH3 is 1. The third-order valence-corrected chi connectivity index (χ3v) is 4.66. The summed E-state index contributed by atoms with van der Waals surface area (Å²) in [6, 6.07) is 18.0.